The molecule has 2 N–H and O–H groups in total. The van der Waals surface area contributed by atoms with E-state index in [9.17, 15) is 9.18 Å². The molecule has 23 heavy (non-hydrogen) atoms. The first-order chi connectivity index (χ1) is 11.2. The number of carbonyl (C=O) groups is 1. The molecule has 6 heteroatoms. The van der Waals surface area contributed by atoms with Crippen molar-refractivity contribution in [1.82, 2.24) is 15.1 Å². The van der Waals surface area contributed by atoms with E-state index >= 15 is 0 Å². The summed E-state index contributed by atoms with van der Waals surface area (Å²) in [5.41, 5.74) is 2.36. The van der Waals surface area contributed by atoms with Crippen molar-refractivity contribution in [2.24, 2.45) is 0 Å². The molecule has 0 aliphatic heterocycles. The number of aromatic nitrogens is 2. The number of para-hydroxylation sites is 1. The highest BCUT2D eigenvalue weighted by Gasteiger charge is 2.04. The number of urea groups is 1. The number of nitrogens with zero attached hydrogens (tertiary/aromatic N) is 2. The van der Waals surface area contributed by atoms with Gasteiger partial charge in [-0.05, 0) is 36.4 Å². The molecule has 0 saturated heterocycles. The van der Waals surface area contributed by atoms with Gasteiger partial charge in [-0.3, -0.25) is 0 Å². The van der Waals surface area contributed by atoms with Gasteiger partial charge in [-0.1, -0.05) is 18.2 Å². The van der Waals surface area contributed by atoms with Crippen molar-refractivity contribution >= 4 is 11.7 Å². The van der Waals surface area contributed by atoms with Crippen LogP contribution in [0.5, 0.6) is 0 Å². The number of nitrogens with one attached hydrogen (secondary N) is 2. The fourth-order valence-corrected chi connectivity index (χ4v) is 2.06. The number of benzene rings is 2. The molecule has 0 atom stereocenters. The third-order valence-corrected chi connectivity index (χ3v) is 3.21. The van der Waals surface area contributed by atoms with Gasteiger partial charge in [0.1, 0.15) is 5.82 Å². The number of hydrogen-bond donors (Lipinski definition) is 2. The van der Waals surface area contributed by atoms with E-state index in [1.54, 1.807) is 10.9 Å². The Kier molecular flexibility index (Phi) is 4.33. The van der Waals surface area contributed by atoms with Crippen molar-refractivity contribution in [3.05, 3.63) is 78.4 Å². The average Bonchev–Trinajstić information content (AvgIpc) is 3.05. The molecule has 1 aromatic heterocycles. The summed E-state index contributed by atoms with van der Waals surface area (Å²) in [7, 11) is 0. The maximum absolute atomic E-state index is 12.8. The smallest absolute Gasteiger partial charge is 0.319 e. The monoisotopic (exact) mass is 310 g/mol. The maximum atomic E-state index is 12.8. The lowest BCUT2D eigenvalue weighted by Gasteiger charge is -2.06. The quantitative estimate of drug-likeness (QED) is 0.776. The zero-order valence-electron chi connectivity index (χ0n) is 12.2. The Hall–Kier alpha value is -3.15. The lowest BCUT2D eigenvalue weighted by Crippen LogP contribution is -2.28. The molecule has 0 aliphatic rings. The van der Waals surface area contributed by atoms with Crippen LogP contribution in [0.15, 0.2) is 67.0 Å². The van der Waals surface area contributed by atoms with Crippen LogP contribution in [0.25, 0.3) is 5.69 Å². The molecule has 0 aliphatic carbocycles. The first kappa shape index (κ1) is 14.8. The summed E-state index contributed by atoms with van der Waals surface area (Å²) < 4.78 is 14.5. The predicted octanol–water partition coefficient (Wildman–Crippen LogP) is 3.33. The number of carbonyl (C=O) groups excluding carboxylic acids is 1. The van der Waals surface area contributed by atoms with E-state index in [1.165, 1.54) is 24.3 Å². The number of hydrogen-bond acceptors (Lipinski definition) is 2. The van der Waals surface area contributed by atoms with Crippen molar-refractivity contribution < 1.29 is 9.18 Å². The topological polar surface area (TPSA) is 59.0 Å². The zero-order valence-corrected chi connectivity index (χ0v) is 12.2. The number of amides is 2. The van der Waals surface area contributed by atoms with Crippen LogP contribution < -0.4 is 10.6 Å². The second kappa shape index (κ2) is 6.74. The molecule has 5 nitrogen and oxygen atoms in total. The van der Waals surface area contributed by atoms with E-state index < -0.39 is 0 Å². The third-order valence-electron chi connectivity index (χ3n) is 3.21. The minimum atomic E-state index is -0.357. The van der Waals surface area contributed by atoms with Crippen molar-refractivity contribution in [1.29, 1.82) is 0 Å². The van der Waals surface area contributed by atoms with Gasteiger partial charge < -0.3 is 10.6 Å². The molecule has 0 saturated carbocycles. The molecule has 2 amide bonds. The van der Waals surface area contributed by atoms with Crippen molar-refractivity contribution in [2.45, 2.75) is 6.54 Å². The van der Waals surface area contributed by atoms with Crippen LogP contribution in [0.1, 0.15) is 5.56 Å². The number of anilines is 1. The first-order valence-electron chi connectivity index (χ1n) is 7.10. The van der Waals surface area contributed by atoms with E-state index in [4.69, 9.17) is 0 Å². The predicted molar refractivity (Wildman–Crippen MR) is 85.8 cm³/mol. The van der Waals surface area contributed by atoms with Crippen LogP contribution in [-0.2, 0) is 6.54 Å². The Morgan fingerprint density at radius 1 is 1.09 bits per heavy atom. The van der Waals surface area contributed by atoms with Crippen LogP contribution in [0.3, 0.4) is 0 Å². The molecule has 116 valence electrons. The molecule has 1 heterocycles. The summed E-state index contributed by atoms with van der Waals surface area (Å²) >= 11 is 0. The Morgan fingerprint density at radius 3 is 2.57 bits per heavy atom. The molecule has 0 unspecified atom stereocenters. The van der Waals surface area contributed by atoms with Gasteiger partial charge >= 0.3 is 6.03 Å². The van der Waals surface area contributed by atoms with Gasteiger partial charge in [0, 0.05) is 24.0 Å². The lowest BCUT2D eigenvalue weighted by atomic mass is 10.3. The summed E-state index contributed by atoms with van der Waals surface area (Å²) in [6.45, 7) is 0.347. The normalized spacial score (nSPS) is 10.3. The molecule has 0 spiro atoms. The highest BCUT2D eigenvalue weighted by molar-refractivity contribution is 5.89. The van der Waals surface area contributed by atoms with E-state index in [0.717, 1.165) is 11.3 Å². The Balaban J connectivity index is 1.55. The van der Waals surface area contributed by atoms with Crippen LogP contribution in [0, 0.1) is 5.82 Å². The SMILES string of the molecule is O=C(NCc1cnn(-c2ccccc2)c1)Nc1ccc(F)cc1. The maximum Gasteiger partial charge on any atom is 0.319 e. The van der Waals surface area contributed by atoms with Crippen molar-refractivity contribution in [3.8, 4) is 5.69 Å². The van der Waals surface area contributed by atoms with E-state index in [2.05, 4.69) is 15.7 Å². The van der Waals surface area contributed by atoms with Crippen molar-refractivity contribution in [3.63, 3.8) is 0 Å². The van der Waals surface area contributed by atoms with Gasteiger partial charge in [0.05, 0.1) is 11.9 Å². The molecule has 0 radical (unpaired) electrons. The molecular formula is C17H15FN4O. The minimum absolute atomic E-state index is 0.343. The molecule has 0 fully saturated rings. The van der Waals surface area contributed by atoms with Gasteiger partial charge in [-0.15, -0.1) is 0 Å². The average molecular weight is 310 g/mol. The van der Waals surface area contributed by atoms with Crippen LogP contribution in [0.4, 0.5) is 14.9 Å². The van der Waals surface area contributed by atoms with Gasteiger partial charge in [0.25, 0.3) is 0 Å². The number of rotatable bonds is 4. The van der Waals surface area contributed by atoms with Crippen LogP contribution >= 0.6 is 0 Å². The zero-order chi connectivity index (χ0) is 16.1. The Bertz CT molecular complexity index is 784. The summed E-state index contributed by atoms with van der Waals surface area (Å²) in [5.74, 6) is -0.343. The third kappa shape index (κ3) is 3.94. The minimum Gasteiger partial charge on any atom is -0.334 e. The van der Waals surface area contributed by atoms with Crippen LogP contribution in [-0.4, -0.2) is 15.8 Å². The molecule has 2 aromatic carbocycles. The van der Waals surface area contributed by atoms with Crippen LogP contribution in [0.2, 0.25) is 0 Å². The van der Waals surface area contributed by atoms with E-state index in [1.807, 2.05) is 36.5 Å². The second-order valence-corrected chi connectivity index (χ2v) is 4.94. The highest BCUT2D eigenvalue weighted by Crippen LogP contribution is 2.09. The Labute approximate surface area is 132 Å². The number of halogens is 1. The molecule has 0 bridgehead atoms. The van der Waals surface area contributed by atoms with Gasteiger partial charge in [0.15, 0.2) is 0 Å². The Morgan fingerprint density at radius 2 is 1.83 bits per heavy atom. The lowest BCUT2D eigenvalue weighted by molar-refractivity contribution is 0.251. The summed E-state index contributed by atoms with van der Waals surface area (Å²) in [6.07, 6.45) is 3.55. The van der Waals surface area contributed by atoms with E-state index in [0.29, 0.717) is 12.2 Å². The molecule has 3 rings (SSSR count). The van der Waals surface area contributed by atoms with Gasteiger partial charge in [-0.2, -0.15) is 5.10 Å². The van der Waals surface area contributed by atoms with E-state index in [-0.39, 0.29) is 11.8 Å². The largest absolute Gasteiger partial charge is 0.334 e. The van der Waals surface area contributed by atoms with Gasteiger partial charge in [0.2, 0.25) is 0 Å². The first-order valence-corrected chi connectivity index (χ1v) is 7.10. The summed E-state index contributed by atoms with van der Waals surface area (Å²) in [5, 5.41) is 9.63. The second-order valence-electron chi connectivity index (χ2n) is 4.94. The summed E-state index contributed by atoms with van der Waals surface area (Å²) in [4.78, 5) is 11.8. The fraction of sp³-hybridized carbons (Fsp3) is 0.0588. The van der Waals surface area contributed by atoms with Crippen molar-refractivity contribution in [2.75, 3.05) is 5.32 Å². The fourth-order valence-electron chi connectivity index (χ4n) is 2.06. The molecule has 3 aromatic rings. The summed E-state index contributed by atoms with van der Waals surface area (Å²) in [6, 6.07) is 14.9. The van der Waals surface area contributed by atoms with Gasteiger partial charge in [-0.25, -0.2) is 13.9 Å². The standard InChI is InChI=1S/C17H15FN4O/c18-14-6-8-15(9-7-14)21-17(23)19-10-13-11-20-22(12-13)16-4-2-1-3-5-16/h1-9,11-12H,10H2,(H2,19,21,23). The highest BCUT2D eigenvalue weighted by atomic mass is 19.1. The molecular weight excluding hydrogens is 295 g/mol.